The molecule has 0 spiro atoms. The van der Waals surface area contributed by atoms with Crippen LogP contribution in [0.1, 0.15) is 18.1 Å². The van der Waals surface area contributed by atoms with Crippen LogP contribution >= 0.6 is 0 Å². The number of benzene rings is 2. The molecule has 2 aromatic rings. The molecule has 6 nitrogen and oxygen atoms in total. The van der Waals surface area contributed by atoms with Gasteiger partial charge in [-0.1, -0.05) is 60.7 Å². The predicted molar refractivity (Wildman–Crippen MR) is 92.4 cm³/mol. The molecule has 1 aliphatic rings. The molecule has 0 unspecified atom stereocenters. The number of hydrogen-bond donors (Lipinski definition) is 3. The van der Waals surface area contributed by atoms with Crippen LogP contribution in [0.15, 0.2) is 60.7 Å². The van der Waals surface area contributed by atoms with Crippen LogP contribution in [-0.4, -0.2) is 31.0 Å². The summed E-state index contributed by atoms with van der Waals surface area (Å²) in [6.07, 6.45) is 0. The van der Waals surface area contributed by atoms with Crippen molar-refractivity contribution in [1.82, 2.24) is 10.6 Å². The van der Waals surface area contributed by atoms with Crippen molar-refractivity contribution in [3.05, 3.63) is 71.8 Å². The summed E-state index contributed by atoms with van der Waals surface area (Å²) in [5, 5.41) is 6.01. The summed E-state index contributed by atoms with van der Waals surface area (Å²) in [4.78, 5) is 27.4. The van der Waals surface area contributed by atoms with Gasteiger partial charge in [-0.05, 0) is 6.92 Å². The number of carbonyl (C=O) groups is 2. The Kier molecular flexibility index (Phi) is 4.79. The van der Waals surface area contributed by atoms with E-state index in [4.69, 9.17) is 4.74 Å². The second-order valence-corrected chi connectivity index (χ2v) is 5.59. The fourth-order valence-corrected chi connectivity index (χ4v) is 2.89. The molecule has 6 heteroatoms. The van der Waals surface area contributed by atoms with Crippen LogP contribution in [0, 0.1) is 0 Å². The van der Waals surface area contributed by atoms with Gasteiger partial charge in [-0.15, -0.1) is 0 Å². The molecule has 1 saturated heterocycles. The second kappa shape index (κ2) is 7.17. The van der Waals surface area contributed by atoms with Gasteiger partial charge in [-0.25, -0.2) is 10.1 Å². The van der Waals surface area contributed by atoms with E-state index in [9.17, 15) is 9.59 Å². The summed E-state index contributed by atoms with van der Waals surface area (Å²) in [6, 6.07) is 18.9. The van der Waals surface area contributed by atoms with Crippen molar-refractivity contribution in [3.8, 4) is 0 Å². The maximum absolute atomic E-state index is 12.9. The van der Waals surface area contributed by atoms with E-state index in [1.165, 1.54) is 0 Å². The Morgan fingerprint density at radius 2 is 1.60 bits per heavy atom. The molecule has 0 aromatic heterocycles. The molecule has 0 bridgehead atoms. The van der Waals surface area contributed by atoms with E-state index in [2.05, 4.69) is 15.6 Å². The molecular weight excluding hydrogens is 318 g/mol. The molecule has 1 fully saturated rings. The molecule has 2 aromatic carbocycles. The maximum Gasteiger partial charge on any atom is 0.352 e. The van der Waals surface area contributed by atoms with Crippen LogP contribution in [0.3, 0.4) is 0 Å². The lowest BCUT2D eigenvalue weighted by Gasteiger charge is -2.23. The Morgan fingerprint density at radius 1 is 1.04 bits per heavy atom. The zero-order chi connectivity index (χ0) is 17.7. The van der Waals surface area contributed by atoms with Gasteiger partial charge >= 0.3 is 17.8 Å². The van der Waals surface area contributed by atoms with Gasteiger partial charge in [0.2, 0.25) is 5.54 Å². The zero-order valence-electron chi connectivity index (χ0n) is 13.9. The smallest absolute Gasteiger partial charge is 0.352 e. The fraction of sp³-hybridized carbons (Fsp3) is 0.211. The minimum Gasteiger partial charge on any atom is -0.464 e. The first-order valence-corrected chi connectivity index (χ1v) is 8.14. The molecule has 0 atom stereocenters. The monoisotopic (exact) mass is 338 g/mol. The van der Waals surface area contributed by atoms with Crippen LogP contribution in [-0.2, 0) is 19.9 Å². The van der Waals surface area contributed by atoms with E-state index < -0.39 is 5.54 Å². The van der Waals surface area contributed by atoms with Crippen LogP contribution < -0.4 is 15.6 Å². The fourth-order valence-electron chi connectivity index (χ4n) is 2.89. The maximum atomic E-state index is 12.9. The highest BCUT2D eigenvalue weighted by Crippen LogP contribution is 2.31. The average Bonchev–Trinajstić information content (AvgIpc) is 2.99. The number of nitrogens with one attached hydrogen (secondary N) is 3. The first kappa shape index (κ1) is 16.7. The van der Waals surface area contributed by atoms with Crippen molar-refractivity contribution in [1.29, 1.82) is 0 Å². The summed E-state index contributed by atoms with van der Waals surface area (Å²) >= 11 is 0. The second-order valence-electron chi connectivity index (χ2n) is 5.59. The molecule has 3 rings (SSSR count). The summed E-state index contributed by atoms with van der Waals surface area (Å²) in [7, 11) is 0. The van der Waals surface area contributed by atoms with Crippen molar-refractivity contribution >= 4 is 17.8 Å². The van der Waals surface area contributed by atoms with Crippen molar-refractivity contribution in [2.75, 3.05) is 13.2 Å². The van der Waals surface area contributed by atoms with E-state index in [1.54, 1.807) is 6.92 Å². The summed E-state index contributed by atoms with van der Waals surface area (Å²) in [5.41, 5.74) is 0.567. The Hall–Kier alpha value is -3.15. The predicted octanol–water partition coefficient (Wildman–Crippen LogP) is -0.351. The molecule has 1 aliphatic heterocycles. The third kappa shape index (κ3) is 3.24. The average molecular weight is 338 g/mol. The molecule has 128 valence electrons. The van der Waals surface area contributed by atoms with E-state index >= 15 is 0 Å². The largest absolute Gasteiger partial charge is 0.464 e. The van der Waals surface area contributed by atoms with Gasteiger partial charge in [0.15, 0.2) is 6.54 Å². The molecular formula is C19H20N3O3+. The molecule has 0 saturated carbocycles. The first-order chi connectivity index (χ1) is 12.2. The van der Waals surface area contributed by atoms with E-state index in [0.29, 0.717) is 12.6 Å². The zero-order valence-corrected chi connectivity index (χ0v) is 13.9. The number of amides is 1. The number of hydrogen-bond acceptors (Lipinski definition) is 3. The quantitative estimate of drug-likeness (QED) is 0.651. The third-order valence-electron chi connectivity index (χ3n) is 4.02. The lowest BCUT2D eigenvalue weighted by Crippen LogP contribution is -2.80. The molecule has 25 heavy (non-hydrogen) atoms. The van der Waals surface area contributed by atoms with E-state index in [0.717, 1.165) is 11.1 Å². The molecule has 0 radical (unpaired) electrons. The van der Waals surface area contributed by atoms with E-state index in [1.807, 2.05) is 60.7 Å². The van der Waals surface area contributed by atoms with Gasteiger partial charge in [-0.3, -0.25) is 15.1 Å². The van der Waals surface area contributed by atoms with Crippen LogP contribution in [0.4, 0.5) is 0 Å². The van der Waals surface area contributed by atoms with Crippen LogP contribution in [0.5, 0.6) is 0 Å². The highest BCUT2D eigenvalue weighted by molar-refractivity contribution is 6.09. The Morgan fingerprint density at radius 3 is 2.12 bits per heavy atom. The van der Waals surface area contributed by atoms with Crippen molar-refractivity contribution in [2.45, 2.75) is 12.5 Å². The normalized spacial score (nSPS) is 17.0. The van der Waals surface area contributed by atoms with Crippen LogP contribution in [0.2, 0.25) is 0 Å². The van der Waals surface area contributed by atoms with Gasteiger partial charge in [-0.2, -0.15) is 0 Å². The first-order valence-electron chi connectivity index (χ1n) is 8.14. The molecule has 0 aliphatic carbocycles. The third-order valence-corrected chi connectivity index (χ3v) is 4.02. The van der Waals surface area contributed by atoms with E-state index in [-0.39, 0.29) is 18.4 Å². The molecule has 1 heterocycles. The Bertz CT molecular complexity index is 749. The minimum atomic E-state index is -1.06. The standard InChI is InChI=1S/C19H19N3O3/c1-2-25-16(23)13-20-18-21-17(24)19(22-18,14-9-5-3-6-10-14)15-11-7-4-8-12-15/h3-12H,2,13H2,1H3,(H2,20,21,22,24)/p+1. The number of guanidine groups is 1. The lowest BCUT2D eigenvalue weighted by atomic mass is 9.83. The lowest BCUT2D eigenvalue weighted by molar-refractivity contribution is -0.451. The van der Waals surface area contributed by atoms with Crippen LogP contribution in [0.25, 0.3) is 0 Å². The number of carbonyl (C=O) groups excluding carboxylic acids is 2. The summed E-state index contributed by atoms with van der Waals surface area (Å²) < 4.78 is 4.89. The number of esters is 1. The van der Waals surface area contributed by atoms with Crippen molar-refractivity contribution < 1.29 is 19.3 Å². The van der Waals surface area contributed by atoms with Gasteiger partial charge < -0.3 is 4.74 Å². The molecule has 3 N–H and O–H groups in total. The summed E-state index contributed by atoms with van der Waals surface area (Å²) in [6.45, 7) is 2.03. The SMILES string of the molecule is CCOC(=O)C[NH+]=C1NC(=O)C(c2ccccc2)(c2ccccc2)N1. The van der Waals surface area contributed by atoms with Crippen molar-refractivity contribution in [2.24, 2.45) is 0 Å². The Balaban J connectivity index is 1.98. The van der Waals surface area contributed by atoms with Gasteiger partial charge in [0.1, 0.15) is 0 Å². The Labute approximate surface area is 145 Å². The van der Waals surface area contributed by atoms with Gasteiger partial charge in [0, 0.05) is 11.1 Å². The highest BCUT2D eigenvalue weighted by Gasteiger charge is 2.54. The van der Waals surface area contributed by atoms with Crippen molar-refractivity contribution in [3.63, 3.8) is 0 Å². The number of rotatable bonds is 5. The highest BCUT2D eigenvalue weighted by atomic mass is 16.5. The van der Waals surface area contributed by atoms with Gasteiger partial charge in [0.25, 0.3) is 0 Å². The summed E-state index contributed by atoms with van der Waals surface area (Å²) in [5.74, 6) is -0.218. The molecule has 1 amide bonds. The van der Waals surface area contributed by atoms with Gasteiger partial charge in [0.05, 0.1) is 6.61 Å². The topological polar surface area (TPSA) is 81.4 Å². The minimum absolute atomic E-state index is 0.0316. The number of ether oxygens (including phenoxy) is 1.